The number of thiazole rings is 1. The molecule has 0 amide bonds. The van der Waals surface area contributed by atoms with E-state index >= 15 is 0 Å². The first-order valence-electron chi connectivity index (χ1n) is 12.2. The molecule has 2 aliphatic rings. The highest BCUT2D eigenvalue weighted by Crippen LogP contribution is 2.39. The van der Waals surface area contributed by atoms with Gasteiger partial charge >= 0.3 is 0 Å². The maximum atomic E-state index is 14.9. The lowest BCUT2D eigenvalue weighted by molar-refractivity contribution is 0.249. The monoisotopic (exact) mass is 496 g/mol. The molecule has 0 unspecified atom stereocenters. The predicted molar refractivity (Wildman–Crippen MR) is 142 cm³/mol. The molecule has 0 spiro atoms. The number of pyridine rings is 1. The Morgan fingerprint density at radius 2 is 1.97 bits per heavy atom. The van der Waals surface area contributed by atoms with Crippen LogP contribution in [0.2, 0.25) is 0 Å². The van der Waals surface area contributed by atoms with Crippen molar-refractivity contribution in [1.82, 2.24) is 14.9 Å². The van der Waals surface area contributed by atoms with Crippen molar-refractivity contribution in [3.8, 4) is 17.0 Å². The van der Waals surface area contributed by atoms with Crippen LogP contribution in [0.25, 0.3) is 11.3 Å². The molecule has 9 heteroatoms. The van der Waals surface area contributed by atoms with Crippen molar-refractivity contribution in [2.24, 2.45) is 0 Å². The van der Waals surface area contributed by atoms with Crippen LogP contribution in [0.5, 0.6) is 5.75 Å². The number of hydrogen-bond donors (Lipinski definition) is 1. The average Bonchev–Trinajstić information content (AvgIpc) is 3.32. The summed E-state index contributed by atoms with van der Waals surface area (Å²) in [5.41, 5.74) is 3.41. The molecule has 4 heterocycles. The fourth-order valence-electron chi connectivity index (χ4n) is 4.85. The maximum absolute atomic E-state index is 14.9. The standard InChI is InChI=1S/C26H33FN6OS/c1-17(2)33-11-12-34-25-21(27)13-18(14-23(25)33)22-16-35-26(29-22)30-24-6-5-20(15-28-24)32-9-7-19(8-10-32)31(3)4/h5-6,13-17,19H,7-12H2,1-4H3,(H,28,29,30). The van der Waals surface area contributed by atoms with Gasteiger partial charge in [-0.15, -0.1) is 11.3 Å². The van der Waals surface area contributed by atoms with E-state index in [2.05, 4.69) is 59.0 Å². The van der Waals surface area contributed by atoms with Crippen molar-refractivity contribution in [1.29, 1.82) is 0 Å². The van der Waals surface area contributed by atoms with Gasteiger partial charge in [-0.1, -0.05) is 0 Å². The lowest BCUT2D eigenvalue weighted by atomic mass is 10.0. The van der Waals surface area contributed by atoms with E-state index in [1.807, 2.05) is 23.7 Å². The first kappa shape index (κ1) is 23.8. The van der Waals surface area contributed by atoms with Crippen molar-refractivity contribution in [2.75, 3.05) is 55.5 Å². The van der Waals surface area contributed by atoms with Gasteiger partial charge in [0.2, 0.25) is 0 Å². The molecule has 0 atom stereocenters. The first-order chi connectivity index (χ1) is 16.9. The number of nitrogens with zero attached hydrogens (tertiary/aromatic N) is 5. The second kappa shape index (κ2) is 9.99. The summed E-state index contributed by atoms with van der Waals surface area (Å²) in [5, 5.41) is 5.96. The molecule has 2 aromatic heterocycles. The number of piperidine rings is 1. The van der Waals surface area contributed by atoms with Crippen molar-refractivity contribution in [2.45, 2.75) is 38.8 Å². The van der Waals surface area contributed by atoms with E-state index in [4.69, 9.17) is 9.72 Å². The van der Waals surface area contributed by atoms with Crippen molar-refractivity contribution in [3.05, 3.63) is 41.7 Å². The Morgan fingerprint density at radius 3 is 2.66 bits per heavy atom. The third-order valence-corrected chi connectivity index (χ3v) is 7.64. The molecular weight excluding hydrogens is 463 g/mol. The van der Waals surface area contributed by atoms with Crippen LogP contribution in [-0.2, 0) is 0 Å². The molecule has 35 heavy (non-hydrogen) atoms. The molecular formula is C26H33FN6OS. The minimum atomic E-state index is -0.350. The molecule has 186 valence electrons. The smallest absolute Gasteiger partial charge is 0.188 e. The van der Waals surface area contributed by atoms with Crippen LogP contribution in [0.15, 0.2) is 35.8 Å². The molecule has 3 aromatic rings. The summed E-state index contributed by atoms with van der Waals surface area (Å²) in [6, 6.07) is 8.50. The van der Waals surface area contributed by atoms with Crippen LogP contribution < -0.4 is 19.9 Å². The number of hydrogen-bond acceptors (Lipinski definition) is 8. The van der Waals surface area contributed by atoms with Crippen LogP contribution >= 0.6 is 11.3 Å². The molecule has 0 bridgehead atoms. The Bertz CT molecular complexity index is 1160. The number of nitrogens with one attached hydrogen (secondary N) is 1. The zero-order chi connectivity index (χ0) is 24.5. The summed E-state index contributed by atoms with van der Waals surface area (Å²) in [6.07, 6.45) is 4.25. The van der Waals surface area contributed by atoms with E-state index in [0.717, 1.165) is 53.2 Å². The second-order valence-corrected chi connectivity index (χ2v) is 10.5. The predicted octanol–water partition coefficient (Wildman–Crippen LogP) is 5.23. The van der Waals surface area contributed by atoms with Crippen molar-refractivity contribution < 1.29 is 9.13 Å². The lowest BCUT2D eigenvalue weighted by Gasteiger charge is -2.36. The Morgan fingerprint density at radius 1 is 1.17 bits per heavy atom. The van der Waals surface area contributed by atoms with Crippen molar-refractivity contribution >= 4 is 33.7 Å². The highest BCUT2D eigenvalue weighted by Gasteiger charge is 2.25. The molecule has 1 N–H and O–H groups in total. The third kappa shape index (κ3) is 5.06. The highest BCUT2D eigenvalue weighted by molar-refractivity contribution is 7.14. The van der Waals surface area contributed by atoms with Crippen LogP contribution in [0.1, 0.15) is 26.7 Å². The van der Waals surface area contributed by atoms with Gasteiger partial charge < -0.3 is 24.8 Å². The topological polar surface area (TPSA) is 56.8 Å². The van der Waals surface area contributed by atoms with Crippen LogP contribution in [-0.4, -0.2) is 67.3 Å². The summed E-state index contributed by atoms with van der Waals surface area (Å²) in [4.78, 5) is 16.2. The van der Waals surface area contributed by atoms with E-state index in [0.29, 0.717) is 18.4 Å². The van der Waals surface area contributed by atoms with Crippen molar-refractivity contribution in [3.63, 3.8) is 0 Å². The summed E-state index contributed by atoms with van der Waals surface area (Å²) < 4.78 is 20.5. The zero-order valence-corrected chi connectivity index (χ0v) is 21.6. The van der Waals surface area contributed by atoms with E-state index in [1.54, 1.807) is 0 Å². The zero-order valence-electron chi connectivity index (χ0n) is 20.8. The van der Waals surface area contributed by atoms with Gasteiger partial charge in [0, 0.05) is 36.1 Å². The van der Waals surface area contributed by atoms with Gasteiger partial charge in [-0.25, -0.2) is 14.4 Å². The van der Waals surface area contributed by atoms with Gasteiger partial charge in [0.15, 0.2) is 16.7 Å². The summed E-state index contributed by atoms with van der Waals surface area (Å²) in [5.74, 6) is 0.726. The number of anilines is 4. The lowest BCUT2D eigenvalue weighted by Crippen LogP contribution is -2.42. The molecule has 0 saturated carbocycles. The van der Waals surface area contributed by atoms with Crippen LogP contribution in [0.4, 0.5) is 26.7 Å². The molecule has 0 aliphatic carbocycles. The fourth-order valence-corrected chi connectivity index (χ4v) is 5.57. The van der Waals surface area contributed by atoms with Gasteiger partial charge in [-0.2, -0.15) is 0 Å². The fraction of sp³-hybridized carbons (Fsp3) is 0.462. The molecule has 5 rings (SSSR count). The number of fused-ring (bicyclic) bond motifs is 1. The summed E-state index contributed by atoms with van der Waals surface area (Å²) in [7, 11) is 4.31. The SMILES string of the molecule is CC(C)N1CCOc2c(F)cc(-c3csc(Nc4ccc(N5CCC(N(C)C)CC5)cn4)n3)cc21. The second-order valence-electron chi connectivity index (χ2n) is 9.69. The molecule has 1 fully saturated rings. The minimum Gasteiger partial charge on any atom is -0.486 e. The molecule has 2 aliphatic heterocycles. The van der Waals surface area contributed by atoms with Gasteiger partial charge in [-0.3, -0.25) is 0 Å². The molecule has 0 radical (unpaired) electrons. The van der Waals surface area contributed by atoms with Gasteiger partial charge in [0.05, 0.1) is 29.8 Å². The third-order valence-electron chi connectivity index (χ3n) is 6.88. The number of rotatable bonds is 6. The Kier molecular flexibility index (Phi) is 6.80. The highest BCUT2D eigenvalue weighted by atomic mass is 32.1. The van der Waals surface area contributed by atoms with E-state index in [9.17, 15) is 4.39 Å². The summed E-state index contributed by atoms with van der Waals surface area (Å²) >= 11 is 1.48. The first-order valence-corrected chi connectivity index (χ1v) is 13.1. The Balaban J connectivity index is 1.28. The van der Waals surface area contributed by atoms with Gasteiger partial charge in [-0.05, 0) is 65.0 Å². The maximum Gasteiger partial charge on any atom is 0.188 e. The molecule has 7 nitrogen and oxygen atoms in total. The number of benzene rings is 1. The quantitative estimate of drug-likeness (QED) is 0.502. The van der Waals surface area contributed by atoms with E-state index in [1.165, 1.54) is 30.2 Å². The van der Waals surface area contributed by atoms with Gasteiger partial charge in [0.1, 0.15) is 12.4 Å². The largest absolute Gasteiger partial charge is 0.486 e. The Hall–Kier alpha value is -2.91. The number of halogens is 1. The van der Waals surface area contributed by atoms with Crippen LogP contribution in [0, 0.1) is 5.82 Å². The van der Waals surface area contributed by atoms with E-state index in [-0.39, 0.29) is 11.9 Å². The normalized spacial score (nSPS) is 16.5. The van der Waals surface area contributed by atoms with E-state index < -0.39 is 0 Å². The number of ether oxygens (including phenoxy) is 1. The Labute approximate surface area is 210 Å². The average molecular weight is 497 g/mol. The molecule has 1 aromatic carbocycles. The number of aromatic nitrogens is 2. The minimum absolute atomic E-state index is 0.258. The van der Waals surface area contributed by atoms with Crippen LogP contribution in [0.3, 0.4) is 0 Å². The molecule has 1 saturated heterocycles. The van der Waals surface area contributed by atoms with Gasteiger partial charge in [0.25, 0.3) is 0 Å². The summed E-state index contributed by atoms with van der Waals surface area (Å²) in [6.45, 7) is 7.54.